The Morgan fingerprint density at radius 3 is 2.88 bits per heavy atom. The fourth-order valence-electron chi connectivity index (χ4n) is 0.499. The Bertz CT molecular complexity index is 107. The molecule has 2 nitrogen and oxygen atoms in total. The van der Waals surface area contributed by atoms with Crippen molar-refractivity contribution in [3.8, 4) is 0 Å². The van der Waals surface area contributed by atoms with E-state index in [1.807, 2.05) is 6.92 Å². The third kappa shape index (κ3) is 1.01. The van der Waals surface area contributed by atoms with E-state index in [4.69, 9.17) is 0 Å². The van der Waals surface area contributed by atoms with Crippen molar-refractivity contribution in [3.63, 3.8) is 0 Å². The summed E-state index contributed by atoms with van der Waals surface area (Å²) in [4.78, 5) is 9.27. The van der Waals surface area contributed by atoms with Gasteiger partial charge in [-0.25, -0.2) is 0 Å². The van der Waals surface area contributed by atoms with Gasteiger partial charge in [0, 0.05) is 5.92 Å². The van der Waals surface area contributed by atoms with E-state index < -0.39 is 0 Å². The smallest absolute Gasteiger partial charge is 0.128 e. The van der Waals surface area contributed by atoms with E-state index in [0.29, 0.717) is 12.5 Å². The molecule has 0 aliphatic carbocycles. The summed E-state index contributed by atoms with van der Waals surface area (Å²) in [6.45, 7) is 4.82. The summed E-state index contributed by atoms with van der Waals surface area (Å²) in [5, 5.41) is 0. The number of rotatable bonds is 0. The Morgan fingerprint density at radius 1 is 1.75 bits per heavy atom. The zero-order chi connectivity index (χ0) is 5.98. The largest absolute Gasteiger partial charge is 0.346 e. The van der Waals surface area contributed by atoms with Gasteiger partial charge < -0.3 is 4.89 Å². The lowest BCUT2D eigenvalue weighted by Gasteiger charge is -2.15. The molecule has 0 aromatic heterocycles. The fourth-order valence-corrected chi connectivity index (χ4v) is 0.499. The van der Waals surface area contributed by atoms with Crippen LogP contribution in [0.25, 0.3) is 0 Å². The lowest BCUT2D eigenvalue weighted by atomic mass is 10.1. The second kappa shape index (κ2) is 2.18. The second-order valence-corrected chi connectivity index (χ2v) is 2.14. The minimum Gasteiger partial charge on any atom is -0.346 e. The monoisotopic (exact) mass is 114 g/mol. The maximum Gasteiger partial charge on any atom is 0.128 e. The molecule has 0 fully saturated rings. The van der Waals surface area contributed by atoms with E-state index in [2.05, 4.69) is 16.7 Å². The van der Waals surface area contributed by atoms with Crippen LogP contribution in [0.15, 0.2) is 11.8 Å². The predicted octanol–water partition coefficient (Wildman–Crippen LogP) is 1.49. The summed E-state index contributed by atoms with van der Waals surface area (Å²) in [5.41, 5.74) is 1.25. The molecular weight excluding hydrogens is 104 g/mol. The van der Waals surface area contributed by atoms with E-state index in [1.165, 1.54) is 5.57 Å². The summed E-state index contributed by atoms with van der Waals surface area (Å²) in [5.74, 6) is 0.517. The van der Waals surface area contributed by atoms with Gasteiger partial charge in [0.15, 0.2) is 0 Å². The van der Waals surface area contributed by atoms with E-state index >= 15 is 0 Å². The van der Waals surface area contributed by atoms with Gasteiger partial charge in [-0.15, -0.1) is 0 Å². The molecule has 0 saturated heterocycles. The summed E-state index contributed by atoms with van der Waals surface area (Å²) in [7, 11) is 0. The van der Waals surface area contributed by atoms with Crippen molar-refractivity contribution in [3.05, 3.63) is 11.8 Å². The number of hydrogen-bond donors (Lipinski definition) is 0. The minimum absolute atomic E-state index is 0.517. The summed E-state index contributed by atoms with van der Waals surface area (Å²) in [6, 6.07) is 0. The van der Waals surface area contributed by atoms with Crippen molar-refractivity contribution >= 4 is 0 Å². The zero-order valence-electron chi connectivity index (χ0n) is 5.18. The maximum absolute atomic E-state index is 4.68. The van der Waals surface area contributed by atoms with Gasteiger partial charge in [0.05, 0.1) is 0 Å². The first-order chi connectivity index (χ1) is 3.80. The molecule has 1 aliphatic heterocycles. The molecule has 1 aliphatic rings. The molecule has 1 unspecified atom stereocenters. The lowest BCUT2D eigenvalue weighted by molar-refractivity contribution is -0.264. The van der Waals surface area contributed by atoms with Crippen LogP contribution in [0.3, 0.4) is 0 Å². The Labute approximate surface area is 49.0 Å². The summed E-state index contributed by atoms with van der Waals surface area (Å²) >= 11 is 0. The lowest BCUT2D eigenvalue weighted by Crippen LogP contribution is -2.11. The highest BCUT2D eigenvalue weighted by atomic mass is 17.2. The first-order valence-corrected chi connectivity index (χ1v) is 2.75. The SMILES string of the molecule is CC1=COOCC1C. The van der Waals surface area contributed by atoms with Crippen molar-refractivity contribution in [2.45, 2.75) is 13.8 Å². The van der Waals surface area contributed by atoms with Crippen LogP contribution in [0.1, 0.15) is 13.8 Å². The van der Waals surface area contributed by atoms with E-state index in [1.54, 1.807) is 6.26 Å². The first kappa shape index (κ1) is 5.63. The molecule has 2 heteroatoms. The molecule has 0 spiro atoms. The van der Waals surface area contributed by atoms with Crippen molar-refractivity contribution in [2.24, 2.45) is 5.92 Å². The highest BCUT2D eigenvalue weighted by molar-refractivity contribution is 4.98. The van der Waals surface area contributed by atoms with Crippen molar-refractivity contribution in [2.75, 3.05) is 6.61 Å². The number of hydrogen-bond acceptors (Lipinski definition) is 2. The minimum atomic E-state index is 0.517. The molecule has 0 radical (unpaired) electrons. The third-order valence-electron chi connectivity index (χ3n) is 1.40. The molecule has 0 bridgehead atoms. The van der Waals surface area contributed by atoms with Crippen LogP contribution < -0.4 is 0 Å². The van der Waals surface area contributed by atoms with Crippen LogP contribution in [-0.4, -0.2) is 6.61 Å². The Balaban J connectivity index is 2.53. The molecule has 1 atom stereocenters. The topological polar surface area (TPSA) is 18.5 Å². The molecule has 0 N–H and O–H groups in total. The van der Waals surface area contributed by atoms with Crippen molar-refractivity contribution < 1.29 is 9.78 Å². The van der Waals surface area contributed by atoms with Gasteiger partial charge in [0.2, 0.25) is 0 Å². The Kier molecular flexibility index (Phi) is 1.53. The fraction of sp³-hybridized carbons (Fsp3) is 0.667. The molecule has 0 aromatic rings. The molecule has 46 valence electrons. The molecule has 1 heterocycles. The van der Waals surface area contributed by atoms with E-state index in [0.717, 1.165) is 0 Å². The average Bonchev–Trinajstić information content (AvgIpc) is 1.77. The Morgan fingerprint density at radius 2 is 2.50 bits per heavy atom. The van der Waals surface area contributed by atoms with E-state index in [-0.39, 0.29) is 0 Å². The van der Waals surface area contributed by atoms with Crippen LogP contribution in [0.4, 0.5) is 0 Å². The maximum atomic E-state index is 4.68. The standard InChI is InChI=1S/C6H10O2/c1-5-3-7-8-4-6(5)2/h3,6H,4H2,1-2H3. The normalized spacial score (nSPS) is 28.8. The van der Waals surface area contributed by atoms with Gasteiger partial charge >= 0.3 is 0 Å². The molecule has 8 heavy (non-hydrogen) atoms. The first-order valence-electron chi connectivity index (χ1n) is 2.75. The van der Waals surface area contributed by atoms with Crippen LogP contribution in [0.5, 0.6) is 0 Å². The van der Waals surface area contributed by atoms with Gasteiger partial charge in [-0.2, -0.15) is 4.89 Å². The van der Waals surface area contributed by atoms with Crippen molar-refractivity contribution in [1.29, 1.82) is 0 Å². The van der Waals surface area contributed by atoms with Crippen LogP contribution >= 0.6 is 0 Å². The average molecular weight is 114 g/mol. The summed E-state index contributed by atoms with van der Waals surface area (Å²) in [6.07, 6.45) is 1.65. The molecule has 0 amide bonds. The van der Waals surface area contributed by atoms with Gasteiger partial charge in [0.1, 0.15) is 12.9 Å². The highest BCUT2D eigenvalue weighted by Crippen LogP contribution is 2.14. The van der Waals surface area contributed by atoms with Gasteiger partial charge in [-0.05, 0) is 12.5 Å². The van der Waals surface area contributed by atoms with Gasteiger partial charge in [-0.1, -0.05) is 6.92 Å². The van der Waals surface area contributed by atoms with Crippen LogP contribution in [0.2, 0.25) is 0 Å². The molecule has 0 saturated carbocycles. The Hall–Kier alpha value is -0.500. The second-order valence-electron chi connectivity index (χ2n) is 2.14. The summed E-state index contributed by atoms with van der Waals surface area (Å²) < 4.78 is 0. The van der Waals surface area contributed by atoms with Crippen LogP contribution in [-0.2, 0) is 9.78 Å². The molecule has 0 aromatic carbocycles. The van der Waals surface area contributed by atoms with Crippen molar-refractivity contribution in [1.82, 2.24) is 0 Å². The van der Waals surface area contributed by atoms with Gasteiger partial charge in [0.25, 0.3) is 0 Å². The van der Waals surface area contributed by atoms with Gasteiger partial charge in [-0.3, -0.25) is 0 Å². The van der Waals surface area contributed by atoms with Crippen LogP contribution in [0, 0.1) is 5.92 Å². The molecule has 1 rings (SSSR count). The molecular formula is C6H10O2. The predicted molar refractivity (Wildman–Crippen MR) is 30.0 cm³/mol. The zero-order valence-corrected chi connectivity index (χ0v) is 5.18. The highest BCUT2D eigenvalue weighted by Gasteiger charge is 2.09. The third-order valence-corrected chi connectivity index (χ3v) is 1.40. The van der Waals surface area contributed by atoms with E-state index in [9.17, 15) is 0 Å². The quantitative estimate of drug-likeness (QED) is 0.444.